The third-order valence-corrected chi connectivity index (χ3v) is 3.17. The summed E-state index contributed by atoms with van der Waals surface area (Å²) in [5.74, 6) is 0. The molecule has 0 spiro atoms. The highest BCUT2D eigenvalue weighted by Crippen LogP contribution is 2.21. The van der Waals surface area contributed by atoms with E-state index < -0.39 is 0 Å². The highest BCUT2D eigenvalue weighted by atomic mass is 127. The Kier molecular flexibility index (Phi) is 2.44. The minimum Gasteiger partial charge on any atom is -0.351 e. The minimum absolute atomic E-state index is 0.498. The predicted octanol–water partition coefficient (Wildman–Crippen LogP) is 1.83. The average molecular weight is 252 g/mol. The molecule has 1 rings (SSSR count). The molecule has 1 aliphatic rings. The lowest BCUT2D eigenvalue weighted by Crippen LogP contribution is -2.35. The molecule has 58 valence electrons. The topological polar surface area (TPSA) is 6.48 Å². The Morgan fingerprint density at radius 3 is 2.20 bits per heavy atom. The first-order chi connectivity index (χ1) is 4.63. The normalized spacial score (nSPS) is 25.1. The van der Waals surface area contributed by atoms with Gasteiger partial charge in [-0.1, -0.05) is 0 Å². The number of hydrogen-bond acceptors (Lipinski definition) is 2. The summed E-state index contributed by atoms with van der Waals surface area (Å²) >= 11 is 2.42. The van der Waals surface area contributed by atoms with E-state index >= 15 is 0 Å². The third kappa shape index (κ3) is 1.38. The molecule has 0 radical (unpaired) electrons. The van der Waals surface area contributed by atoms with Gasteiger partial charge in [0, 0.05) is 25.5 Å². The molecule has 0 aromatic rings. The van der Waals surface area contributed by atoms with E-state index in [9.17, 15) is 0 Å². The molecule has 3 heteroatoms. The Bertz CT molecular complexity index is 145. The smallest absolute Gasteiger partial charge is 0.154 e. The molecule has 0 amide bonds. The molecule has 0 aromatic carbocycles. The zero-order valence-corrected chi connectivity index (χ0v) is 8.74. The lowest BCUT2D eigenvalue weighted by molar-refractivity contribution is 0.237. The van der Waals surface area contributed by atoms with Gasteiger partial charge in [-0.15, -0.1) is 0 Å². The highest BCUT2D eigenvalue weighted by Gasteiger charge is 2.21. The van der Waals surface area contributed by atoms with Crippen LogP contribution in [-0.4, -0.2) is 27.1 Å². The van der Waals surface area contributed by atoms with Crippen LogP contribution in [0.15, 0.2) is 12.4 Å². The minimum atomic E-state index is 0.498. The van der Waals surface area contributed by atoms with E-state index in [1.165, 1.54) is 0 Å². The third-order valence-electron chi connectivity index (χ3n) is 1.65. The maximum atomic E-state index is 2.42. The Labute approximate surface area is 76.0 Å². The van der Waals surface area contributed by atoms with Crippen LogP contribution in [0.1, 0.15) is 13.8 Å². The zero-order chi connectivity index (χ0) is 7.72. The van der Waals surface area contributed by atoms with Crippen LogP contribution in [-0.2, 0) is 0 Å². The number of nitrogens with zero attached hydrogens (tertiary/aromatic N) is 2. The summed E-state index contributed by atoms with van der Waals surface area (Å²) in [5.41, 5.74) is 0. The molecule has 0 saturated heterocycles. The summed E-state index contributed by atoms with van der Waals surface area (Å²) in [7, 11) is 2.09. The second-order valence-corrected chi connectivity index (χ2v) is 3.93. The van der Waals surface area contributed by atoms with E-state index in [1.54, 1.807) is 0 Å². The molecule has 0 saturated carbocycles. The molecule has 1 heterocycles. The van der Waals surface area contributed by atoms with Crippen molar-refractivity contribution in [2.24, 2.45) is 0 Å². The first-order valence-corrected chi connectivity index (χ1v) is 4.69. The van der Waals surface area contributed by atoms with Gasteiger partial charge < -0.3 is 9.80 Å². The predicted molar refractivity (Wildman–Crippen MR) is 51.7 cm³/mol. The van der Waals surface area contributed by atoms with Gasteiger partial charge in [0.2, 0.25) is 0 Å². The van der Waals surface area contributed by atoms with E-state index in [4.69, 9.17) is 0 Å². The van der Waals surface area contributed by atoms with Crippen LogP contribution in [0.25, 0.3) is 0 Å². The molecule has 0 fully saturated rings. The quantitative estimate of drug-likeness (QED) is 0.399. The molecule has 1 aliphatic heterocycles. The van der Waals surface area contributed by atoms with E-state index in [-0.39, 0.29) is 0 Å². The summed E-state index contributed by atoms with van der Waals surface area (Å²) in [6, 6.07) is 0.600. The standard InChI is InChI=1S/C7H13IN2/c1-6(2)10-5-4-9(3)7(10)8/h4-7H,1-3H3. The number of alkyl halides is 1. The fraction of sp³-hybridized carbons (Fsp3) is 0.714. The Morgan fingerprint density at radius 1 is 1.40 bits per heavy atom. The van der Waals surface area contributed by atoms with Gasteiger partial charge in [0.05, 0.1) is 0 Å². The van der Waals surface area contributed by atoms with Crippen molar-refractivity contribution in [2.75, 3.05) is 7.05 Å². The van der Waals surface area contributed by atoms with Crippen LogP contribution in [0.2, 0.25) is 0 Å². The largest absolute Gasteiger partial charge is 0.351 e. The van der Waals surface area contributed by atoms with E-state index in [0.717, 1.165) is 0 Å². The van der Waals surface area contributed by atoms with Gasteiger partial charge in [-0.2, -0.15) is 0 Å². The number of halogens is 1. The first-order valence-electron chi connectivity index (χ1n) is 3.44. The van der Waals surface area contributed by atoms with Gasteiger partial charge >= 0.3 is 0 Å². The fourth-order valence-electron chi connectivity index (χ4n) is 0.953. The average Bonchev–Trinajstić information content (AvgIpc) is 2.14. The van der Waals surface area contributed by atoms with Crippen molar-refractivity contribution in [1.29, 1.82) is 0 Å². The summed E-state index contributed by atoms with van der Waals surface area (Å²) in [4.78, 5) is 4.51. The van der Waals surface area contributed by atoms with Crippen molar-refractivity contribution in [2.45, 2.75) is 24.1 Å². The molecule has 0 aromatic heterocycles. The first kappa shape index (κ1) is 8.17. The second-order valence-electron chi connectivity index (χ2n) is 2.82. The van der Waals surface area contributed by atoms with Gasteiger partial charge in [0.15, 0.2) is 4.17 Å². The SMILES string of the molecule is CC(C)N1C=CN(C)C1I. The molecular formula is C7H13IN2. The van der Waals surface area contributed by atoms with Gasteiger partial charge in [0.25, 0.3) is 0 Å². The van der Waals surface area contributed by atoms with Crippen LogP contribution in [0.3, 0.4) is 0 Å². The molecule has 0 aliphatic carbocycles. The van der Waals surface area contributed by atoms with Crippen LogP contribution < -0.4 is 0 Å². The van der Waals surface area contributed by atoms with Crippen molar-refractivity contribution >= 4 is 22.6 Å². The summed E-state index contributed by atoms with van der Waals surface area (Å²) < 4.78 is 0.498. The molecular weight excluding hydrogens is 239 g/mol. The van der Waals surface area contributed by atoms with Crippen LogP contribution >= 0.6 is 22.6 Å². The van der Waals surface area contributed by atoms with Crippen molar-refractivity contribution in [3.63, 3.8) is 0 Å². The molecule has 0 bridgehead atoms. The molecule has 1 unspecified atom stereocenters. The molecule has 2 nitrogen and oxygen atoms in total. The Hall–Kier alpha value is 0.0700. The summed E-state index contributed by atoms with van der Waals surface area (Å²) in [5, 5.41) is 0. The van der Waals surface area contributed by atoms with Gasteiger partial charge in [0.1, 0.15) is 0 Å². The highest BCUT2D eigenvalue weighted by molar-refractivity contribution is 14.1. The van der Waals surface area contributed by atoms with Crippen molar-refractivity contribution < 1.29 is 0 Å². The molecule has 10 heavy (non-hydrogen) atoms. The monoisotopic (exact) mass is 252 g/mol. The Morgan fingerprint density at radius 2 is 2.00 bits per heavy atom. The van der Waals surface area contributed by atoms with E-state index in [2.05, 4.69) is 65.7 Å². The Balaban J connectivity index is 2.58. The summed E-state index contributed by atoms with van der Waals surface area (Å²) in [6.07, 6.45) is 4.25. The van der Waals surface area contributed by atoms with Crippen LogP contribution in [0, 0.1) is 0 Å². The molecule has 0 N–H and O–H groups in total. The van der Waals surface area contributed by atoms with Gasteiger partial charge in [-0.3, -0.25) is 0 Å². The lowest BCUT2D eigenvalue weighted by Gasteiger charge is -2.28. The van der Waals surface area contributed by atoms with Crippen molar-refractivity contribution in [3.05, 3.63) is 12.4 Å². The number of rotatable bonds is 1. The maximum Gasteiger partial charge on any atom is 0.154 e. The summed E-state index contributed by atoms with van der Waals surface area (Å²) in [6.45, 7) is 4.41. The zero-order valence-electron chi connectivity index (χ0n) is 6.58. The lowest BCUT2D eigenvalue weighted by atomic mass is 10.4. The van der Waals surface area contributed by atoms with Crippen molar-refractivity contribution in [1.82, 2.24) is 9.80 Å². The second kappa shape index (κ2) is 2.98. The van der Waals surface area contributed by atoms with E-state index in [1.807, 2.05) is 0 Å². The number of hydrogen-bond donors (Lipinski definition) is 0. The van der Waals surface area contributed by atoms with Crippen LogP contribution in [0.5, 0.6) is 0 Å². The fourth-order valence-corrected chi connectivity index (χ4v) is 1.97. The maximum absolute atomic E-state index is 2.42. The van der Waals surface area contributed by atoms with Crippen molar-refractivity contribution in [3.8, 4) is 0 Å². The van der Waals surface area contributed by atoms with E-state index in [0.29, 0.717) is 10.2 Å². The van der Waals surface area contributed by atoms with Crippen LogP contribution in [0.4, 0.5) is 0 Å². The van der Waals surface area contributed by atoms with Gasteiger partial charge in [-0.05, 0) is 36.4 Å². The molecule has 1 atom stereocenters. The van der Waals surface area contributed by atoms with Gasteiger partial charge in [-0.25, -0.2) is 0 Å².